The van der Waals surface area contributed by atoms with Crippen LogP contribution in [0.25, 0.3) is 0 Å². The van der Waals surface area contributed by atoms with E-state index in [4.69, 9.17) is 5.73 Å². The highest BCUT2D eigenvalue weighted by Gasteiger charge is 2.19. The van der Waals surface area contributed by atoms with Crippen molar-refractivity contribution in [2.24, 2.45) is 0 Å². The number of benzene rings is 2. The Morgan fingerprint density at radius 3 is 2.48 bits per heavy atom. The zero-order valence-corrected chi connectivity index (χ0v) is 13.9. The Morgan fingerprint density at radius 1 is 1.19 bits per heavy atom. The number of anilines is 2. The molecule has 0 saturated heterocycles. The van der Waals surface area contributed by atoms with Gasteiger partial charge < -0.3 is 10.6 Å². The van der Waals surface area contributed by atoms with Gasteiger partial charge in [-0.15, -0.1) is 0 Å². The molecule has 2 N–H and O–H groups in total. The van der Waals surface area contributed by atoms with Crippen molar-refractivity contribution in [3.05, 3.63) is 58.1 Å². The molecule has 0 unspecified atom stereocenters. The third kappa shape index (κ3) is 3.45. The highest BCUT2D eigenvalue weighted by molar-refractivity contribution is 9.10. The predicted molar refractivity (Wildman–Crippen MR) is 91.7 cm³/mol. The topological polar surface area (TPSA) is 46.3 Å². The lowest BCUT2D eigenvalue weighted by Gasteiger charge is -2.23. The molecule has 0 aliphatic rings. The van der Waals surface area contributed by atoms with Gasteiger partial charge >= 0.3 is 0 Å². The van der Waals surface area contributed by atoms with Gasteiger partial charge in [0.1, 0.15) is 0 Å². The van der Waals surface area contributed by atoms with E-state index in [9.17, 15) is 4.79 Å². The second kappa shape index (κ2) is 6.76. The predicted octanol–water partition coefficient (Wildman–Crippen LogP) is 4.40. The lowest BCUT2D eigenvalue weighted by atomic mass is 10.1. The highest BCUT2D eigenvalue weighted by atomic mass is 79.9. The lowest BCUT2D eigenvalue weighted by Crippen LogP contribution is -2.32. The van der Waals surface area contributed by atoms with Gasteiger partial charge in [0, 0.05) is 28.0 Å². The first-order valence-electron chi connectivity index (χ1n) is 6.97. The number of rotatable bonds is 4. The van der Waals surface area contributed by atoms with Gasteiger partial charge in [0.2, 0.25) is 0 Å². The van der Waals surface area contributed by atoms with Gasteiger partial charge in [-0.3, -0.25) is 4.79 Å². The summed E-state index contributed by atoms with van der Waals surface area (Å²) in [5, 5.41) is 0. The molecule has 0 fully saturated rings. The number of carbonyl (C=O) groups excluding carboxylic acids is 1. The monoisotopic (exact) mass is 346 g/mol. The second-order valence-electron chi connectivity index (χ2n) is 4.96. The van der Waals surface area contributed by atoms with Gasteiger partial charge in [0.25, 0.3) is 5.91 Å². The number of amides is 1. The van der Waals surface area contributed by atoms with Crippen LogP contribution in [-0.4, -0.2) is 12.5 Å². The molecular formula is C17H19BrN2O. The van der Waals surface area contributed by atoms with Crippen LogP contribution in [-0.2, 0) is 0 Å². The Bertz CT molecular complexity index is 638. The van der Waals surface area contributed by atoms with Crippen LogP contribution in [0, 0.1) is 6.92 Å². The maximum atomic E-state index is 12.9. The molecule has 21 heavy (non-hydrogen) atoms. The average molecular weight is 347 g/mol. The third-order valence-corrected chi connectivity index (χ3v) is 4.25. The van der Waals surface area contributed by atoms with E-state index in [2.05, 4.69) is 22.9 Å². The fraction of sp³-hybridized carbons (Fsp3) is 0.235. The lowest BCUT2D eigenvalue weighted by molar-refractivity contribution is 0.0986. The third-order valence-electron chi connectivity index (χ3n) is 3.40. The molecule has 110 valence electrons. The number of nitrogen functional groups attached to an aromatic ring is 1. The summed E-state index contributed by atoms with van der Waals surface area (Å²) < 4.78 is 0.946. The number of nitrogens with zero attached hydrogens (tertiary/aromatic N) is 1. The fourth-order valence-corrected chi connectivity index (χ4v) is 2.58. The molecule has 4 heteroatoms. The molecule has 2 rings (SSSR count). The van der Waals surface area contributed by atoms with Crippen LogP contribution in [0.5, 0.6) is 0 Å². The molecule has 0 aliphatic heterocycles. The molecule has 0 heterocycles. The maximum absolute atomic E-state index is 12.9. The van der Waals surface area contributed by atoms with Crippen molar-refractivity contribution in [1.82, 2.24) is 0 Å². The molecule has 0 aliphatic carbocycles. The summed E-state index contributed by atoms with van der Waals surface area (Å²) in [6.45, 7) is 4.68. The van der Waals surface area contributed by atoms with Crippen LogP contribution in [0.15, 0.2) is 46.9 Å². The number of hydrogen-bond donors (Lipinski definition) is 1. The van der Waals surface area contributed by atoms with Crippen LogP contribution >= 0.6 is 15.9 Å². The first-order valence-corrected chi connectivity index (χ1v) is 7.76. The van der Waals surface area contributed by atoms with Crippen LogP contribution in [0.2, 0.25) is 0 Å². The second-order valence-corrected chi connectivity index (χ2v) is 5.82. The van der Waals surface area contributed by atoms with E-state index >= 15 is 0 Å². The van der Waals surface area contributed by atoms with Crippen molar-refractivity contribution in [1.29, 1.82) is 0 Å². The smallest absolute Gasteiger partial charge is 0.258 e. The molecule has 0 bridgehead atoms. The minimum atomic E-state index is 0.0143. The number of carbonyl (C=O) groups is 1. The molecule has 0 atom stereocenters. The quantitative estimate of drug-likeness (QED) is 0.834. The van der Waals surface area contributed by atoms with E-state index < -0.39 is 0 Å². The summed E-state index contributed by atoms with van der Waals surface area (Å²) in [4.78, 5) is 14.7. The fourth-order valence-electron chi connectivity index (χ4n) is 2.21. The number of hydrogen-bond acceptors (Lipinski definition) is 2. The molecule has 0 saturated carbocycles. The Balaban J connectivity index is 2.40. The molecule has 0 spiro atoms. The molecule has 0 radical (unpaired) electrons. The number of halogens is 1. The zero-order chi connectivity index (χ0) is 15.4. The molecule has 2 aromatic rings. The van der Waals surface area contributed by atoms with Gasteiger partial charge in [-0.25, -0.2) is 0 Å². The van der Waals surface area contributed by atoms with Crippen molar-refractivity contribution >= 4 is 33.2 Å². The van der Waals surface area contributed by atoms with Gasteiger partial charge in [-0.2, -0.15) is 0 Å². The van der Waals surface area contributed by atoms with E-state index in [1.165, 1.54) is 0 Å². The van der Waals surface area contributed by atoms with Crippen LogP contribution in [0.1, 0.15) is 29.3 Å². The molecule has 0 aromatic heterocycles. The van der Waals surface area contributed by atoms with Gasteiger partial charge in [-0.1, -0.05) is 28.9 Å². The highest BCUT2D eigenvalue weighted by Crippen LogP contribution is 2.24. The van der Waals surface area contributed by atoms with Crippen molar-refractivity contribution in [2.75, 3.05) is 17.2 Å². The molecule has 2 aromatic carbocycles. The van der Waals surface area contributed by atoms with Gasteiger partial charge in [0.05, 0.1) is 0 Å². The minimum Gasteiger partial charge on any atom is -0.399 e. The van der Waals surface area contributed by atoms with E-state index in [-0.39, 0.29) is 5.91 Å². The Hall–Kier alpha value is -1.81. The van der Waals surface area contributed by atoms with E-state index in [1.54, 1.807) is 4.90 Å². The summed E-state index contributed by atoms with van der Waals surface area (Å²) in [6.07, 6.45) is 0.892. The van der Waals surface area contributed by atoms with Crippen LogP contribution < -0.4 is 10.6 Å². The Morgan fingerprint density at radius 2 is 1.86 bits per heavy atom. The summed E-state index contributed by atoms with van der Waals surface area (Å²) in [6, 6.07) is 13.1. The summed E-state index contributed by atoms with van der Waals surface area (Å²) in [7, 11) is 0. The Labute approximate surface area is 133 Å². The van der Waals surface area contributed by atoms with Crippen LogP contribution in [0.3, 0.4) is 0 Å². The summed E-state index contributed by atoms with van der Waals surface area (Å²) >= 11 is 3.48. The van der Waals surface area contributed by atoms with Gasteiger partial charge in [0.15, 0.2) is 0 Å². The molecule has 1 amide bonds. The van der Waals surface area contributed by atoms with E-state index in [0.29, 0.717) is 12.2 Å². The van der Waals surface area contributed by atoms with Gasteiger partial charge in [-0.05, 0) is 55.3 Å². The maximum Gasteiger partial charge on any atom is 0.258 e. The zero-order valence-electron chi connectivity index (χ0n) is 12.3. The van der Waals surface area contributed by atoms with Crippen molar-refractivity contribution in [3.63, 3.8) is 0 Å². The first-order chi connectivity index (χ1) is 10.0. The number of nitrogens with two attached hydrogens (primary N) is 1. The van der Waals surface area contributed by atoms with E-state index in [1.807, 2.05) is 49.4 Å². The van der Waals surface area contributed by atoms with Crippen molar-refractivity contribution in [3.8, 4) is 0 Å². The Kier molecular flexibility index (Phi) is 5.02. The normalized spacial score (nSPS) is 10.4. The molecule has 3 nitrogen and oxygen atoms in total. The van der Waals surface area contributed by atoms with Crippen molar-refractivity contribution < 1.29 is 4.79 Å². The first kappa shape index (κ1) is 15.6. The average Bonchev–Trinajstić information content (AvgIpc) is 2.48. The standard InChI is InChI=1S/C17H19BrN2O/c1-3-11-20(14-9-7-13(19)8-10-14)17(21)15-5-4-6-16(18)12(15)2/h4-10H,3,11,19H2,1-2H3. The van der Waals surface area contributed by atoms with Crippen molar-refractivity contribution in [2.45, 2.75) is 20.3 Å². The van der Waals surface area contributed by atoms with E-state index in [0.717, 1.165) is 27.7 Å². The minimum absolute atomic E-state index is 0.0143. The van der Waals surface area contributed by atoms with Crippen LogP contribution in [0.4, 0.5) is 11.4 Å². The summed E-state index contributed by atoms with van der Waals surface area (Å²) in [5.41, 5.74) is 8.96. The summed E-state index contributed by atoms with van der Waals surface area (Å²) in [5.74, 6) is 0.0143. The molecular weight excluding hydrogens is 328 g/mol. The largest absolute Gasteiger partial charge is 0.399 e. The SMILES string of the molecule is CCCN(C(=O)c1cccc(Br)c1C)c1ccc(N)cc1.